The molecule has 29 heavy (non-hydrogen) atoms. The Hall–Kier alpha value is -3.42. The van der Waals surface area contributed by atoms with Gasteiger partial charge in [0.25, 0.3) is 5.91 Å². The lowest BCUT2D eigenvalue weighted by Gasteiger charge is -2.28. The summed E-state index contributed by atoms with van der Waals surface area (Å²) in [6.07, 6.45) is 5.94. The first-order chi connectivity index (χ1) is 14.1. The molecular formula is C21H23N5O3. The number of rotatable bonds is 5. The zero-order chi connectivity index (χ0) is 20.4. The fraction of sp³-hybridized carbons (Fsp3) is 0.333. The average molecular weight is 393 g/mol. The van der Waals surface area contributed by atoms with Crippen molar-refractivity contribution in [1.82, 2.24) is 24.2 Å². The molecule has 0 bridgehead atoms. The standard InChI is InChI=1S/C21H23N5O3/c1-3-26-18-9-11-24(13-17(18)19(23-26)21(28)29-4-2)20(27)15-5-7-16(8-6-15)25-12-10-22-14-25/h5-8,10,12,14H,3-4,9,11,13H2,1-2H3. The highest BCUT2D eigenvalue weighted by Gasteiger charge is 2.30. The van der Waals surface area contributed by atoms with Crippen molar-refractivity contribution >= 4 is 11.9 Å². The van der Waals surface area contributed by atoms with Crippen molar-refractivity contribution in [2.45, 2.75) is 33.4 Å². The molecule has 0 radical (unpaired) electrons. The van der Waals surface area contributed by atoms with Crippen LogP contribution in [0.4, 0.5) is 0 Å². The Morgan fingerprint density at radius 2 is 1.97 bits per heavy atom. The van der Waals surface area contributed by atoms with Crippen molar-refractivity contribution in [2.24, 2.45) is 0 Å². The number of esters is 1. The summed E-state index contributed by atoms with van der Waals surface area (Å²) in [5.41, 5.74) is 3.67. The maximum absolute atomic E-state index is 13.1. The molecule has 0 aliphatic carbocycles. The first-order valence-corrected chi connectivity index (χ1v) is 9.75. The first kappa shape index (κ1) is 18.9. The summed E-state index contributed by atoms with van der Waals surface area (Å²) in [6.45, 7) is 5.66. The number of nitrogens with zero attached hydrogens (tertiary/aromatic N) is 5. The maximum Gasteiger partial charge on any atom is 0.359 e. The molecule has 0 saturated carbocycles. The van der Waals surface area contributed by atoms with Crippen molar-refractivity contribution in [3.05, 3.63) is 65.5 Å². The minimum atomic E-state index is -0.435. The van der Waals surface area contributed by atoms with Crippen molar-refractivity contribution < 1.29 is 14.3 Å². The monoisotopic (exact) mass is 393 g/mol. The lowest BCUT2D eigenvalue weighted by Crippen LogP contribution is -2.36. The first-order valence-electron chi connectivity index (χ1n) is 9.75. The van der Waals surface area contributed by atoms with Crippen LogP contribution in [0.25, 0.3) is 5.69 Å². The quantitative estimate of drug-likeness (QED) is 0.622. The Labute approximate surface area is 168 Å². The molecule has 3 heterocycles. The fourth-order valence-electron chi connectivity index (χ4n) is 3.66. The third-order valence-corrected chi connectivity index (χ3v) is 5.11. The van der Waals surface area contributed by atoms with Crippen LogP contribution in [0.1, 0.15) is 46.0 Å². The Morgan fingerprint density at radius 3 is 2.62 bits per heavy atom. The predicted molar refractivity (Wildman–Crippen MR) is 106 cm³/mol. The van der Waals surface area contributed by atoms with Crippen LogP contribution >= 0.6 is 0 Å². The predicted octanol–water partition coefficient (Wildman–Crippen LogP) is 2.46. The molecule has 0 spiro atoms. The van der Waals surface area contributed by atoms with E-state index in [2.05, 4.69) is 10.1 Å². The number of imidazole rings is 1. The smallest absolute Gasteiger partial charge is 0.359 e. The van der Waals surface area contributed by atoms with Crippen LogP contribution in [0, 0.1) is 0 Å². The molecule has 3 aromatic rings. The van der Waals surface area contributed by atoms with Gasteiger partial charge < -0.3 is 14.2 Å². The zero-order valence-electron chi connectivity index (χ0n) is 16.5. The number of amides is 1. The summed E-state index contributed by atoms with van der Waals surface area (Å²) in [7, 11) is 0. The molecule has 1 amide bonds. The van der Waals surface area contributed by atoms with Crippen LogP contribution < -0.4 is 0 Å². The summed E-state index contributed by atoms with van der Waals surface area (Å²) in [4.78, 5) is 31.2. The molecule has 8 heteroatoms. The van der Waals surface area contributed by atoms with Gasteiger partial charge in [-0.3, -0.25) is 9.48 Å². The van der Waals surface area contributed by atoms with E-state index in [9.17, 15) is 9.59 Å². The third-order valence-electron chi connectivity index (χ3n) is 5.11. The van der Waals surface area contributed by atoms with Gasteiger partial charge in [-0.05, 0) is 38.1 Å². The number of aromatic nitrogens is 4. The maximum atomic E-state index is 13.1. The van der Waals surface area contributed by atoms with Crippen LogP contribution in [-0.2, 0) is 24.2 Å². The molecule has 0 unspecified atom stereocenters. The van der Waals surface area contributed by atoms with Gasteiger partial charge in [0.2, 0.25) is 0 Å². The Morgan fingerprint density at radius 1 is 1.17 bits per heavy atom. The van der Waals surface area contributed by atoms with E-state index in [-0.39, 0.29) is 5.91 Å². The second kappa shape index (κ2) is 7.90. The van der Waals surface area contributed by atoms with E-state index in [1.807, 2.05) is 46.6 Å². The molecule has 0 saturated heterocycles. The average Bonchev–Trinajstić information content (AvgIpc) is 3.41. The molecule has 1 aliphatic heterocycles. The van der Waals surface area contributed by atoms with Gasteiger partial charge in [-0.1, -0.05) is 0 Å². The Bertz CT molecular complexity index is 1020. The van der Waals surface area contributed by atoms with Crippen molar-refractivity contribution in [1.29, 1.82) is 0 Å². The number of fused-ring (bicyclic) bond motifs is 1. The second-order valence-corrected chi connectivity index (χ2v) is 6.80. The molecule has 150 valence electrons. The molecule has 1 aromatic carbocycles. The van der Waals surface area contributed by atoms with Crippen molar-refractivity contribution in [3.8, 4) is 5.69 Å². The van der Waals surface area contributed by atoms with Crippen LogP contribution in [0.2, 0.25) is 0 Å². The molecule has 0 fully saturated rings. The topological polar surface area (TPSA) is 82.3 Å². The minimum absolute atomic E-state index is 0.0631. The van der Waals surface area contributed by atoms with E-state index >= 15 is 0 Å². The van der Waals surface area contributed by atoms with E-state index in [0.717, 1.165) is 16.9 Å². The lowest BCUT2D eigenvalue weighted by molar-refractivity contribution is 0.0513. The summed E-state index contributed by atoms with van der Waals surface area (Å²) < 4.78 is 8.87. The van der Waals surface area contributed by atoms with Gasteiger partial charge >= 0.3 is 5.97 Å². The summed E-state index contributed by atoms with van der Waals surface area (Å²) in [6, 6.07) is 7.41. The Balaban J connectivity index is 1.57. The van der Waals surface area contributed by atoms with Crippen LogP contribution in [-0.4, -0.2) is 49.3 Å². The molecular weight excluding hydrogens is 370 g/mol. The number of carbonyl (C=O) groups excluding carboxylic acids is 2. The van der Waals surface area contributed by atoms with Crippen LogP contribution in [0.5, 0.6) is 0 Å². The van der Waals surface area contributed by atoms with Gasteiger partial charge in [0, 0.05) is 54.4 Å². The zero-order valence-corrected chi connectivity index (χ0v) is 16.5. The molecule has 4 rings (SSSR count). The summed E-state index contributed by atoms with van der Waals surface area (Å²) in [5.74, 6) is -0.498. The lowest BCUT2D eigenvalue weighted by atomic mass is 10.0. The van der Waals surface area contributed by atoms with E-state index < -0.39 is 5.97 Å². The minimum Gasteiger partial charge on any atom is -0.461 e. The number of aryl methyl sites for hydroxylation is 1. The van der Waals surface area contributed by atoms with Gasteiger partial charge in [-0.15, -0.1) is 0 Å². The third kappa shape index (κ3) is 3.53. The fourth-order valence-corrected chi connectivity index (χ4v) is 3.66. The largest absolute Gasteiger partial charge is 0.461 e. The van der Waals surface area contributed by atoms with Crippen LogP contribution in [0.15, 0.2) is 43.0 Å². The number of hydrogen-bond donors (Lipinski definition) is 0. The van der Waals surface area contributed by atoms with Crippen molar-refractivity contribution in [2.75, 3.05) is 13.2 Å². The molecule has 1 aliphatic rings. The van der Waals surface area contributed by atoms with Crippen LogP contribution in [0.3, 0.4) is 0 Å². The molecule has 0 N–H and O–H groups in total. The normalized spacial score (nSPS) is 13.2. The SMILES string of the molecule is CCOC(=O)c1nn(CC)c2c1CN(C(=O)c1ccc(-n3ccnc3)cc1)CC2. The van der Waals surface area contributed by atoms with Gasteiger partial charge in [-0.25, -0.2) is 9.78 Å². The van der Waals surface area contributed by atoms with Gasteiger partial charge in [0.1, 0.15) is 0 Å². The summed E-state index contributed by atoms with van der Waals surface area (Å²) in [5, 5.41) is 4.43. The number of carbonyl (C=O) groups is 2. The highest BCUT2D eigenvalue weighted by Crippen LogP contribution is 2.25. The van der Waals surface area contributed by atoms with Gasteiger partial charge in [-0.2, -0.15) is 5.10 Å². The molecule has 0 atom stereocenters. The second-order valence-electron chi connectivity index (χ2n) is 6.80. The van der Waals surface area contributed by atoms with E-state index in [0.29, 0.717) is 43.9 Å². The van der Waals surface area contributed by atoms with E-state index in [1.54, 1.807) is 24.3 Å². The van der Waals surface area contributed by atoms with Gasteiger partial charge in [0.05, 0.1) is 19.5 Å². The molecule has 2 aromatic heterocycles. The van der Waals surface area contributed by atoms with Crippen molar-refractivity contribution in [3.63, 3.8) is 0 Å². The number of hydrogen-bond acceptors (Lipinski definition) is 5. The van der Waals surface area contributed by atoms with E-state index in [1.165, 1.54) is 0 Å². The number of ether oxygens (including phenoxy) is 1. The Kier molecular flexibility index (Phi) is 5.16. The van der Waals surface area contributed by atoms with E-state index in [4.69, 9.17) is 4.74 Å². The molecule has 8 nitrogen and oxygen atoms in total. The summed E-state index contributed by atoms with van der Waals surface area (Å²) >= 11 is 0. The number of benzene rings is 1. The highest BCUT2D eigenvalue weighted by atomic mass is 16.5. The van der Waals surface area contributed by atoms with Gasteiger partial charge in [0.15, 0.2) is 5.69 Å². The highest BCUT2D eigenvalue weighted by molar-refractivity contribution is 5.95.